The minimum Gasteiger partial charge on any atom is -0.306 e. The average Bonchev–Trinajstić information content (AvgIpc) is 2.58. The van der Waals surface area contributed by atoms with Gasteiger partial charge in [0.1, 0.15) is 6.33 Å². The van der Waals surface area contributed by atoms with E-state index in [1.165, 1.54) is 0 Å². The maximum absolute atomic E-state index is 3.90. The second kappa shape index (κ2) is 3.18. The fraction of sp³-hybridized carbons (Fsp3) is 0.857. The van der Waals surface area contributed by atoms with E-state index in [4.69, 9.17) is 0 Å². The van der Waals surface area contributed by atoms with Crippen molar-refractivity contribution in [2.24, 2.45) is 0 Å². The Labute approximate surface area is 71.4 Å². The second-order valence-corrected chi connectivity index (χ2v) is 3.32. The average molecular weight is 167 g/mol. The lowest BCUT2D eigenvalue weighted by Crippen LogP contribution is -2.31. The smallest absolute Gasteiger partial charge is 0.138 e. The van der Waals surface area contributed by atoms with E-state index in [2.05, 4.69) is 27.5 Å². The molecule has 1 aromatic heterocycles. The molecule has 1 aromatic rings. The van der Waals surface area contributed by atoms with Gasteiger partial charge in [-0.05, 0) is 43.4 Å². The maximum Gasteiger partial charge on any atom is 0.138 e. The van der Waals surface area contributed by atoms with Crippen LogP contribution in [-0.2, 0) is 0 Å². The van der Waals surface area contributed by atoms with E-state index < -0.39 is 0 Å². The summed E-state index contributed by atoms with van der Waals surface area (Å²) in [7, 11) is 2.15. The van der Waals surface area contributed by atoms with Gasteiger partial charge < -0.3 is 4.90 Å². The highest BCUT2D eigenvalue weighted by Crippen LogP contribution is 2.19. The van der Waals surface area contributed by atoms with E-state index in [0.29, 0.717) is 6.04 Å². The first-order valence-electron chi connectivity index (χ1n) is 4.27. The predicted molar refractivity (Wildman–Crippen MR) is 43.6 cm³/mol. The zero-order valence-corrected chi connectivity index (χ0v) is 7.22. The molecule has 12 heavy (non-hydrogen) atoms. The van der Waals surface area contributed by atoms with Crippen molar-refractivity contribution >= 4 is 0 Å². The van der Waals surface area contributed by atoms with Crippen molar-refractivity contribution in [1.29, 1.82) is 0 Å². The maximum atomic E-state index is 3.90. The molecule has 0 amide bonds. The minimum absolute atomic E-state index is 0.510. The topological polar surface area (TPSA) is 46.8 Å². The van der Waals surface area contributed by atoms with E-state index >= 15 is 0 Å². The molecule has 0 unspecified atom stereocenters. The van der Waals surface area contributed by atoms with Crippen molar-refractivity contribution < 1.29 is 0 Å². The van der Waals surface area contributed by atoms with Crippen LogP contribution in [0.1, 0.15) is 18.9 Å². The summed E-state index contributed by atoms with van der Waals surface area (Å²) in [6.45, 7) is 2.29. The highest BCUT2D eigenvalue weighted by molar-refractivity contribution is 4.73. The van der Waals surface area contributed by atoms with E-state index in [0.717, 1.165) is 25.9 Å². The van der Waals surface area contributed by atoms with Gasteiger partial charge in [-0.1, -0.05) is 0 Å². The first kappa shape index (κ1) is 7.67. The Bertz CT molecular complexity index is 224. The third kappa shape index (κ3) is 1.45. The van der Waals surface area contributed by atoms with Gasteiger partial charge in [0.2, 0.25) is 0 Å². The number of nitrogens with zero attached hydrogens (tertiary/aromatic N) is 5. The molecule has 66 valence electrons. The number of rotatable bonds is 1. The Balaban J connectivity index is 1.99. The Morgan fingerprint density at radius 3 is 2.67 bits per heavy atom. The normalized spacial score (nSPS) is 21.4. The number of hydrogen-bond donors (Lipinski definition) is 0. The fourth-order valence-electron chi connectivity index (χ4n) is 1.60. The summed E-state index contributed by atoms with van der Waals surface area (Å²) in [5.41, 5.74) is 0. The van der Waals surface area contributed by atoms with Crippen LogP contribution < -0.4 is 0 Å². The summed E-state index contributed by atoms with van der Waals surface area (Å²) in [5.74, 6) is 0. The van der Waals surface area contributed by atoms with Crippen LogP contribution >= 0.6 is 0 Å². The molecule has 0 aromatic carbocycles. The molecular weight excluding hydrogens is 154 g/mol. The van der Waals surface area contributed by atoms with Gasteiger partial charge in [-0.15, -0.1) is 5.10 Å². The van der Waals surface area contributed by atoms with Crippen LogP contribution in [0.25, 0.3) is 0 Å². The van der Waals surface area contributed by atoms with Crippen LogP contribution in [0.3, 0.4) is 0 Å². The molecule has 0 N–H and O–H groups in total. The molecule has 0 saturated carbocycles. The van der Waals surface area contributed by atoms with Crippen molar-refractivity contribution in [2.75, 3.05) is 20.1 Å². The molecule has 1 saturated heterocycles. The van der Waals surface area contributed by atoms with Crippen LogP contribution in [0.5, 0.6) is 0 Å². The van der Waals surface area contributed by atoms with Crippen LogP contribution in [0.4, 0.5) is 0 Å². The van der Waals surface area contributed by atoms with Crippen LogP contribution in [-0.4, -0.2) is 45.2 Å². The number of hydrogen-bond acceptors (Lipinski definition) is 4. The monoisotopic (exact) mass is 167 g/mol. The Kier molecular flexibility index (Phi) is 2.03. The van der Waals surface area contributed by atoms with Crippen LogP contribution in [0.15, 0.2) is 6.33 Å². The molecule has 0 bridgehead atoms. The summed E-state index contributed by atoms with van der Waals surface area (Å²) in [6, 6.07) is 0.510. The van der Waals surface area contributed by atoms with Crippen molar-refractivity contribution in [3.63, 3.8) is 0 Å². The molecule has 5 heteroatoms. The minimum atomic E-state index is 0.510. The molecular formula is C7H13N5. The van der Waals surface area contributed by atoms with Crippen LogP contribution in [0.2, 0.25) is 0 Å². The number of aromatic nitrogens is 4. The summed E-state index contributed by atoms with van der Waals surface area (Å²) in [6.07, 6.45) is 4.01. The predicted octanol–water partition coefficient (Wildman–Crippen LogP) is -0.0602. The highest BCUT2D eigenvalue weighted by Gasteiger charge is 2.18. The number of piperidine rings is 1. The Hall–Kier alpha value is -0.970. The van der Waals surface area contributed by atoms with Crippen molar-refractivity contribution in [1.82, 2.24) is 25.1 Å². The first-order chi connectivity index (χ1) is 5.86. The van der Waals surface area contributed by atoms with E-state index in [1.807, 2.05) is 4.68 Å². The van der Waals surface area contributed by atoms with Crippen molar-refractivity contribution in [2.45, 2.75) is 18.9 Å². The van der Waals surface area contributed by atoms with Gasteiger partial charge in [0.05, 0.1) is 6.04 Å². The quantitative estimate of drug-likeness (QED) is 0.588. The first-order valence-corrected chi connectivity index (χ1v) is 4.27. The summed E-state index contributed by atoms with van der Waals surface area (Å²) < 4.78 is 1.87. The molecule has 0 aliphatic carbocycles. The van der Waals surface area contributed by atoms with Gasteiger partial charge in [-0.25, -0.2) is 4.68 Å². The molecule has 1 aliphatic heterocycles. The lowest BCUT2D eigenvalue weighted by molar-refractivity contribution is 0.210. The lowest BCUT2D eigenvalue weighted by Gasteiger charge is -2.28. The standard InChI is InChI=1S/C7H13N5/c1-11-4-2-7(3-5-11)12-6-8-9-10-12/h6-7H,2-5H2,1H3. The molecule has 0 atom stereocenters. The van der Waals surface area contributed by atoms with Gasteiger partial charge in [0.25, 0.3) is 0 Å². The fourth-order valence-corrected chi connectivity index (χ4v) is 1.60. The molecule has 0 radical (unpaired) electrons. The van der Waals surface area contributed by atoms with E-state index in [-0.39, 0.29) is 0 Å². The number of tetrazole rings is 1. The summed E-state index contributed by atoms with van der Waals surface area (Å²) in [4.78, 5) is 2.33. The molecule has 5 nitrogen and oxygen atoms in total. The van der Waals surface area contributed by atoms with Gasteiger partial charge in [-0.3, -0.25) is 0 Å². The number of likely N-dealkylation sites (tertiary alicyclic amines) is 1. The van der Waals surface area contributed by atoms with Crippen molar-refractivity contribution in [3.8, 4) is 0 Å². The molecule has 2 heterocycles. The zero-order chi connectivity index (χ0) is 8.39. The van der Waals surface area contributed by atoms with E-state index in [9.17, 15) is 0 Å². The summed E-state index contributed by atoms with van der Waals surface area (Å²) >= 11 is 0. The Morgan fingerprint density at radius 1 is 1.33 bits per heavy atom. The molecule has 1 aliphatic rings. The van der Waals surface area contributed by atoms with Gasteiger partial charge >= 0.3 is 0 Å². The lowest BCUT2D eigenvalue weighted by atomic mass is 10.1. The van der Waals surface area contributed by atoms with Crippen molar-refractivity contribution in [3.05, 3.63) is 6.33 Å². The third-order valence-corrected chi connectivity index (χ3v) is 2.43. The van der Waals surface area contributed by atoms with Gasteiger partial charge in [0, 0.05) is 0 Å². The molecule has 1 fully saturated rings. The largest absolute Gasteiger partial charge is 0.306 e. The summed E-state index contributed by atoms with van der Waals surface area (Å²) in [5, 5.41) is 11.2. The Morgan fingerprint density at radius 2 is 2.08 bits per heavy atom. The van der Waals surface area contributed by atoms with E-state index in [1.54, 1.807) is 6.33 Å². The SMILES string of the molecule is CN1CCC(n2cnnn2)CC1. The zero-order valence-electron chi connectivity index (χ0n) is 7.22. The molecule has 0 spiro atoms. The highest BCUT2D eigenvalue weighted by atomic mass is 15.5. The van der Waals surface area contributed by atoms with Gasteiger partial charge in [0.15, 0.2) is 0 Å². The van der Waals surface area contributed by atoms with Crippen LogP contribution in [0, 0.1) is 0 Å². The second-order valence-electron chi connectivity index (χ2n) is 3.32. The molecule has 2 rings (SSSR count). The third-order valence-electron chi connectivity index (χ3n) is 2.43. The van der Waals surface area contributed by atoms with Gasteiger partial charge in [-0.2, -0.15) is 0 Å².